The van der Waals surface area contributed by atoms with E-state index in [4.69, 9.17) is 16.0 Å². The van der Waals surface area contributed by atoms with E-state index in [9.17, 15) is 0 Å². The van der Waals surface area contributed by atoms with Gasteiger partial charge in [-0.2, -0.15) is 0 Å². The minimum atomic E-state index is 0.295. The van der Waals surface area contributed by atoms with Crippen LogP contribution in [0.4, 0.5) is 0 Å². The molecule has 0 aliphatic rings. The average molecular weight is 175 g/mol. The summed E-state index contributed by atoms with van der Waals surface area (Å²) in [7, 11) is 0. The molecule has 3 nitrogen and oxygen atoms in total. The molecule has 0 N–H and O–H groups in total. The second-order valence-corrected chi connectivity index (χ2v) is 2.74. The van der Waals surface area contributed by atoms with Gasteiger partial charge < -0.3 is 4.42 Å². The van der Waals surface area contributed by atoms with E-state index in [1.54, 1.807) is 0 Å². The Morgan fingerprint density at radius 1 is 1.55 bits per heavy atom. The van der Waals surface area contributed by atoms with Crippen LogP contribution in [0.1, 0.15) is 38.0 Å². The Bertz CT molecular complexity index is 224. The minimum Gasteiger partial charge on any atom is -0.424 e. The molecule has 4 heteroatoms. The zero-order valence-corrected chi connectivity index (χ0v) is 7.43. The van der Waals surface area contributed by atoms with E-state index in [0.717, 1.165) is 6.42 Å². The molecule has 0 aromatic carbocycles. The Kier molecular flexibility index (Phi) is 2.88. The maximum atomic E-state index is 5.49. The van der Waals surface area contributed by atoms with Crippen molar-refractivity contribution in [3.05, 3.63) is 11.8 Å². The van der Waals surface area contributed by atoms with Crippen LogP contribution < -0.4 is 0 Å². The second-order valence-electron chi connectivity index (χ2n) is 2.48. The predicted molar refractivity (Wildman–Crippen MR) is 42.6 cm³/mol. The number of nitrogens with zero attached hydrogens (tertiary/aromatic N) is 2. The van der Waals surface area contributed by atoms with E-state index < -0.39 is 0 Å². The maximum absolute atomic E-state index is 5.49. The Labute approximate surface area is 70.8 Å². The van der Waals surface area contributed by atoms with E-state index in [2.05, 4.69) is 17.1 Å². The van der Waals surface area contributed by atoms with E-state index in [0.29, 0.717) is 23.6 Å². The van der Waals surface area contributed by atoms with Crippen molar-refractivity contribution in [1.29, 1.82) is 0 Å². The molecule has 1 aromatic rings. The van der Waals surface area contributed by atoms with Gasteiger partial charge in [0.2, 0.25) is 11.8 Å². The summed E-state index contributed by atoms with van der Waals surface area (Å²) in [5.74, 6) is 1.81. The van der Waals surface area contributed by atoms with Crippen LogP contribution >= 0.6 is 11.6 Å². The van der Waals surface area contributed by atoms with E-state index in [1.807, 2.05) is 6.92 Å². The van der Waals surface area contributed by atoms with Crippen molar-refractivity contribution in [2.75, 3.05) is 0 Å². The zero-order valence-electron chi connectivity index (χ0n) is 6.67. The molecule has 0 saturated carbocycles. The molecule has 11 heavy (non-hydrogen) atoms. The van der Waals surface area contributed by atoms with Gasteiger partial charge in [-0.05, 0) is 6.42 Å². The van der Waals surface area contributed by atoms with Crippen LogP contribution in [0.5, 0.6) is 0 Å². The first-order valence-electron chi connectivity index (χ1n) is 3.66. The number of halogens is 1. The third-order valence-corrected chi connectivity index (χ3v) is 1.86. The number of rotatable bonds is 3. The van der Waals surface area contributed by atoms with Crippen LogP contribution in [-0.4, -0.2) is 10.2 Å². The van der Waals surface area contributed by atoms with Gasteiger partial charge >= 0.3 is 0 Å². The average Bonchev–Trinajstić information content (AvgIpc) is 2.50. The van der Waals surface area contributed by atoms with Crippen molar-refractivity contribution >= 4 is 11.6 Å². The molecule has 0 saturated heterocycles. The normalized spacial score (nSPS) is 13.4. The Morgan fingerprint density at radius 2 is 2.27 bits per heavy atom. The van der Waals surface area contributed by atoms with Crippen molar-refractivity contribution in [3.8, 4) is 0 Å². The fraction of sp³-hybridized carbons (Fsp3) is 0.714. The summed E-state index contributed by atoms with van der Waals surface area (Å²) in [5.41, 5.74) is 0. The zero-order chi connectivity index (χ0) is 8.27. The molecular formula is C7H11ClN2O. The summed E-state index contributed by atoms with van der Waals surface area (Å²) in [5, 5.41) is 7.61. The molecule has 0 aliphatic carbocycles. The lowest BCUT2D eigenvalue weighted by molar-refractivity contribution is 0.430. The molecule has 0 spiro atoms. The lowest BCUT2D eigenvalue weighted by Gasteiger charge is -1.98. The third-order valence-electron chi connectivity index (χ3n) is 1.63. The van der Waals surface area contributed by atoms with Gasteiger partial charge in [0, 0.05) is 5.92 Å². The highest BCUT2D eigenvalue weighted by molar-refractivity contribution is 6.16. The first-order chi connectivity index (χ1) is 5.27. The topological polar surface area (TPSA) is 38.9 Å². The first-order valence-corrected chi connectivity index (χ1v) is 4.19. The van der Waals surface area contributed by atoms with Gasteiger partial charge in [0.1, 0.15) is 5.88 Å². The van der Waals surface area contributed by atoms with Crippen molar-refractivity contribution < 1.29 is 4.42 Å². The van der Waals surface area contributed by atoms with Gasteiger partial charge in [0.05, 0.1) is 0 Å². The summed E-state index contributed by atoms with van der Waals surface area (Å²) < 4.78 is 5.23. The molecule has 0 fully saturated rings. The molecule has 1 rings (SSSR count). The third kappa shape index (κ3) is 1.93. The van der Waals surface area contributed by atoms with Crippen molar-refractivity contribution in [2.45, 2.75) is 32.1 Å². The van der Waals surface area contributed by atoms with Gasteiger partial charge in [0.25, 0.3) is 0 Å². The van der Waals surface area contributed by atoms with Crippen LogP contribution in [0.15, 0.2) is 4.42 Å². The summed E-state index contributed by atoms with van der Waals surface area (Å²) in [6.07, 6.45) is 1.00. The number of alkyl halides is 1. The molecule has 0 bridgehead atoms. The highest BCUT2D eigenvalue weighted by atomic mass is 35.5. The van der Waals surface area contributed by atoms with Crippen LogP contribution in [0, 0.1) is 0 Å². The van der Waals surface area contributed by atoms with Crippen molar-refractivity contribution in [2.24, 2.45) is 0 Å². The lowest BCUT2D eigenvalue weighted by atomic mass is 10.1. The SMILES string of the molecule is CCC(C)c1nnc(CCl)o1. The van der Waals surface area contributed by atoms with Crippen molar-refractivity contribution in [1.82, 2.24) is 10.2 Å². The minimum absolute atomic E-state index is 0.295. The van der Waals surface area contributed by atoms with Crippen molar-refractivity contribution in [3.63, 3.8) is 0 Å². The molecule has 1 unspecified atom stereocenters. The number of hydrogen-bond donors (Lipinski definition) is 0. The fourth-order valence-corrected chi connectivity index (χ4v) is 0.802. The van der Waals surface area contributed by atoms with E-state index in [1.165, 1.54) is 0 Å². The standard InChI is InChI=1S/C7H11ClN2O/c1-3-5(2)7-10-9-6(4-8)11-7/h5H,3-4H2,1-2H3. The highest BCUT2D eigenvalue weighted by Gasteiger charge is 2.10. The quantitative estimate of drug-likeness (QED) is 0.661. The summed E-state index contributed by atoms with van der Waals surface area (Å²) in [6, 6.07) is 0. The van der Waals surface area contributed by atoms with Gasteiger partial charge in [-0.3, -0.25) is 0 Å². The second kappa shape index (κ2) is 3.72. The fourth-order valence-electron chi connectivity index (χ4n) is 0.694. The molecule has 1 atom stereocenters. The van der Waals surface area contributed by atoms with E-state index in [-0.39, 0.29) is 0 Å². The smallest absolute Gasteiger partial charge is 0.231 e. The van der Waals surface area contributed by atoms with E-state index >= 15 is 0 Å². The number of aromatic nitrogens is 2. The van der Waals surface area contributed by atoms with Crippen LogP contribution in [0.2, 0.25) is 0 Å². The van der Waals surface area contributed by atoms with Gasteiger partial charge in [0.15, 0.2) is 0 Å². The molecular weight excluding hydrogens is 164 g/mol. The van der Waals surface area contributed by atoms with Crippen LogP contribution in [0.25, 0.3) is 0 Å². The van der Waals surface area contributed by atoms with Crippen LogP contribution in [-0.2, 0) is 5.88 Å². The predicted octanol–water partition coefficient (Wildman–Crippen LogP) is 2.32. The molecule has 1 heterocycles. The summed E-state index contributed by atoms with van der Waals surface area (Å²) in [6.45, 7) is 4.13. The lowest BCUT2D eigenvalue weighted by Crippen LogP contribution is -1.90. The molecule has 1 aromatic heterocycles. The Hall–Kier alpha value is -0.570. The van der Waals surface area contributed by atoms with Crippen LogP contribution in [0.3, 0.4) is 0 Å². The summed E-state index contributed by atoms with van der Waals surface area (Å²) in [4.78, 5) is 0. The molecule has 0 amide bonds. The summed E-state index contributed by atoms with van der Waals surface area (Å²) >= 11 is 5.49. The molecule has 0 radical (unpaired) electrons. The van der Waals surface area contributed by atoms with Gasteiger partial charge in [-0.15, -0.1) is 21.8 Å². The monoisotopic (exact) mass is 174 g/mol. The largest absolute Gasteiger partial charge is 0.424 e. The number of hydrogen-bond acceptors (Lipinski definition) is 3. The first kappa shape index (κ1) is 8.53. The van der Waals surface area contributed by atoms with Gasteiger partial charge in [-0.25, -0.2) is 0 Å². The highest BCUT2D eigenvalue weighted by Crippen LogP contribution is 2.16. The van der Waals surface area contributed by atoms with Gasteiger partial charge in [-0.1, -0.05) is 13.8 Å². The maximum Gasteiger partial charge on any atom is 0.231 e. The Balaban J connectivity index is 2.71. The molecule has 62 valence electrons. The Morgan fingerprint density at radius 3 is 2.73 bits per heavy atom. The molecule has 0 aliphatic heterocycles.